The van der Waals surface area contributed by atoms with Crippen molar-refractivity contribution in [2.24, 2.45) is 0 Å². The maximum absolute atomic E-state index is 12.5. The molecule has 1 aromatic rings. The lowest BCUT2D eigenvalue weighted by Gasteiger charge is -2.30. The van der Waals surface area contributed by atoms with Crippen LogP contribution in [-0.2, 0) is 0 Å². The third kappa shape index (κ3) is 5.02. The Bertz CT molecular complexity index is 476. The first-order valence-corrected chi connectivity index (χ1v) is 8.52. The highest BCUT2D eigenvalue weighted by atomic mass is 16.3. The van der Waals surface area contributed by atoms with Gasteiger partial charge in [-0.3, -0.25) is 4.79 Å². The molecular formula is C18H28N2O2. The number of β-amino-alcohol motifs (C(OH)–C–C–N with tert-alkyl or cyclic N) is 1. The molecular weight excluding hydrogens is 276 g/mol. The predicted molar refractivity (Wildman–Crippen MR) is 90.2 cm³/mol. The number of unbranched alkanes of at least 4 members (excludes halogenated alkanes) is 3. The molecule has 0 aliphatic carbocycles. The van der Waals surface area contributed by atoms with Crippen LogP contribution in [0.5, 0.6) is 0 Å². The molecule has 1 fully saturated rings. The maximum atomic E-state index is 12.5. The van der Waals surface area contributed by atoms with Gasteiger partial charge < -0.3 is 15.3 Å². The number of likely N-dealkylation sites (tertiary alicyclic amines) is 1. The minimum atomic E-state index is -0.377. The van der Waals surface area contributed by atoms with Crippen LogP contribution in [0.4, 0.5) is 5.69 Å². The summed E-state index contributed by atoms with van der Waals surface area (Å²) in [7, 11) is 0. The van der Waals surface area contributed by atoms with E-state index in [2.05, 4.69) is 12.2 Å². The van der Waals surface area contributed by atoms with Gasteiger partial charge in [-0.05, 0) is 37.5 Å². The monoisotopic (exact) mass is 304 g/mol. The topological polar surface area (TPSA) is 52.6 Å². The van der Waals surface area contributed by atoms with E-state index in [9.17, 15) is 9.90 Å². The van der Waals surface area contributed by atoms with Gasteiger partial charge in [-0.15, -0.1) is 0 Å². The lowest BCUT2D eigenvalue weighted by atomic mass is 10.1. The van der Waals surface area contributed by atoms with Gasteiger partial charge in [-0.1, -0.05) is 32.3 Å². The molecule has 1 aromatic carbocycles. The van der Waals surface area contributed by atoms with Gasteiger partial charge in [0.25, 0.3) is 5.91 Å². The van der Waals surface area contributed by atoms with Crippen molar-refractivity contribution < 1.29 is 9.90 Å². The van der Waals surface area contributed by atoms with Crippen molar-refractivity contribution in [2.45, 2.75) is 51.6 Å². The fourth-order valence-electron chi connectivity index (χ4n) is 2.87. The van der Waals surface area contributed by atoms with E-state index in [1.54, 1.807) is 4.90 Å². The standard InChI is InChI=1S/C18H28N2O2/c1-2-3-4-5-11-19-16-9-6-8-15(13-16)18(22)20-12-7-10-17(21)14-20/h6,8-9,13,17,19,21H,2-5,7,10-12,14H2,1H3. The van der Waals surface area contributed by atoms with Gasteiger partial charge in [0, 0.05) is 30.9 Å². The number of anilines is 1. The highest BCUT2D eigenvalue weighted by Gasteiger charge is 2.23. The number of rotatable bonds is 7. The van der Waals surface area contributed by atoms with Gasteiger partial charge in [-0.2, -0.15) is 0 Å². The van der Waals surface area contributed by atoms with E-state index < -0.39 is 0 Å². The fourth-order valence-corrected chi connectivity index (χ4v) is 2.87. The molecule has 0 aromatic heterocycles. The number of benzene rings is 1. The molecule has 1 aliphatic heterocycles. The van der Waals surface area contributed by atoms with Crippen LogP contribution in [0.2, 0.25) is 0 Å². The Kier molecular flexibility index (Phi) is 6.72. The normalized spacial score (nSPS) is 18.3. The Morgan fingerprint density at radius 1 is 1.36 bits per heavy atom. The summed E-state index contributed by atoms with van der Waals surface area (Å²) in [5.41, 5.74) is 1.70. The summed E-state index contributed by atoms with van der Waals surface area (Å²) in [6.07, 6.45) is 6.21. The number of carbonyl (C=O) groups excluding carboxylic acids is 1. The zero-order chi connectivity index (χ0) is 15.8. The Morgan fingerprint density at radius 2 is 2.23 bits per heavy atom. The van der Waals surface area contributed by atoms with Crippen molar-refractivity contribution in [3.63, 3.8) is 0 Å². The Labute approximate surface area is 133 Å². The second-order valence-electron chi connectivity index (χ2n) is 6.12. The lowest BCUT2D eigenvalue weighted by Crippen LogP contribution is -2.42. The smallest absolute Gasteiger partial charge is 0.254 e. The highest BCUT2D eigenvalue weighted by molar-refractivity contribution is 5.95. The molecule has 1 aliphatic rings. The molecule has 2 N–H and O–H groups in total. The number of carbonyl (C=O) groups is 1. The molecule has 0 radical (unpaired) electrons. The van der Waals surface area contributed by atoms with Crippen LogP contribution in [0, 0.1) is 0 Å². The molecule has 0 spiro atoms. The van der Waals surface area contributed by atoms with Gasteiger partial charge in [-0.25, -0.2) is 0 Å². The molecule has 22 heavy (non-hydrogen) atoms. The highest BCUT2D eigenvalue weighted by Crippen LogP contribution is 2.17. The number of piperidine rings is 1. The number of nitrogens with one attached hydrogen (secondary N) is 1. The summed E-state index contributed by atoms with van der Waals surface area (Å²) in [5.74, 6) is 0.0217. The Balaban J connectivity index is 1.88. The minimum absolute atomic E-state index is 0.0217. The number of amides is 1. The molecule has 4 nitrogen and oxygen atoms in total. The van der Waals surface area contributed by atoms with E-state index in [4.69, 9.17) is 0 Å². The van der Waals surface area contributed by atoms with Gasteiger partial charge in [0.2, 0.25) is 0 Å². The quantitative estimate of drug-likeness (QED) is 0.760. The van der Waals surface area contributed by atoms with Crippen molar-refractivity contribution in [1.82, 2.24) is 4.90 Å². The van der Waals surface area contributed by atoms with Crippen LogP contribution in [-0.4, -0.2) is 41.7 Å². The van der Waals surface area contributed by atoms with Gasteiger partial charge in [0.05, 0.1) is 6.10 Å². The average Bonchev–Trinajstić information content (AvgIpc) is 2.54. The predicted octanol–water partition coefficient (Wildman–Crippen LogP) is 3.28. The SMILES string of the molecule is CCCCCCNc1cccc(C(=O)N2CCCC(O)C2)c1. The average molecular weight is 304 g/mol. The minimum Gasteiger partial charge on any atom is -0.391 e. The van der Waals surface area contributed by atoms with E-state index in [-0.39, 0.29) is 12.0 Å². The van der Waals surface area contributed by atoms with Crippen LogP contribution >= 0.6 is 0 Å². The second-order valence-corrected chi connectivity index (χ2v) is 6.12. The first-order valence-electron chi connectivity index (χ1n) is 8.52. The molecule has 1 saturated heterocycles. The summed E-state index contributed by atoms with van der Waals surface area (Å²) in [6, 6.07) is 7.69. The fraction of sp³-hybridized carbons (Fsp3) is 0.611. The van der Waals surface area contributed by atoms with E-state index in [0.29, 0.717) is 12.1 Å². The first-order chi connectivity index (χ1) is 10.7. The first kappa shape index (κ1) is 16.8. The third-order valence-corrected chi connectivity index (χ3v) is 4.15. The largest absolute Gasteiger partial charge is 0.391 e. The molecule has 122 valence electrons. The van der Waals surface area contributed by atoms with Crippen molar-refractivity contribution in [1.29, 1.82) is 0 Å². The summed E-state index contributed by atoms with van der Waals surface area (Å²) in [6.45, 7) is 4.35. The van der Waals surface area contributed by atoms with Gasteiger partial charge in [0.1, 0.15) is 0 Å². The molecule has 0 bridgehead atoms. The number of hydrogen-bond acceptors (Lipinski definition) is 3. The van der Waals surface area contributed by atoms with Crippen molar-refractivity contribution in [3.05, 3.63) is 29.8 Å². The van der Waals surface area contributed by atoms with Crippen LogP contribution in [0.15, 0.2) is 24.3 Å². The number of aliphatic hydroxyl groups excluding tert-OH is 1. The maximum Gasteiger partial charge on any atom is 0.254 e. The molecule has 1 amide bonds. The van der Waals surface area contributed by atoms with Crippen molar-refractivity contribution in [3.8, 4) is 0 Å². The third-order valence-electron chi connectivity index (χ3n) is 4.15. The lowest BCUT2D eigenvalue weighted by molar-refractivity contribution is 0.0474. The number of aliphatic hydroxyl groups is 1. The Hall–Kier alpha value is -1.55. The van der Waals surface area contributed by atoms with Crippen LogP contribution in [0.25, 0.3) is 0 Å². The summed E-state index contributed by atoms with van der Waals surface area (Å²) in [4.78, 5) is 14.3. The molecule has 1 atom stereocenters. The van der Waals surface area contributed by atoms with Crippen LogP contribution < -0.4 is 5.32 Å². The number of hydrogen-bond donors (Lipinski definition) is 2. The summed E-state index contributed by atoms with van der Waals surface area (Å²) >= 11 is 0. The molecule has 2 rings (SSSR count). The van der Waals surface area contributed by atoms with Crippen molar-refractivity contribution >= 4 is 11.6 Å². The molecule has 0 saturated carbocycles. The van der Waals surface area contributed by atoms with Gasteiger partial charge >= 0.3 is 0 Å². The second kappa shape index (κ2) is 8.79. The molecule has 1 unspecified atom stereocenters. The molecule has 1 heterocycles. The van der Waals surface area contributed by atoms with E-state index in [1.165, 1.54) is 19.3 Å². The molecule has 4 heteroatoms. The van der Waals surface area contributed by atoms with E-state index in [0.717, 1.165) is 38.0 Å². The zero-order valence-electron chi connectivity index (χ0n) is 13.6. The Morgan fingerprint density at radius 3 is 3.00 bits per heavy atom. The van der Waals surface area contributed by atoms with Crippen LogP contribution in [0.3, 0.4) is 0 Å². The van der Waals surface area contributed by atoms with Crippen molar-refractivity contribution in [2.75, 3.05) is 25.0 Å². The summed E-state index contributed by atoms with van der Waals surface area (Å²) in [5, 5.41) is 13.1. The van der Waals surface area contributed by atoms with E-state index in [1.807, 2.05) is 24.3 Å². The zero-order valence-corrected chi connectivity index (χ0v) is 13.6. The van der Waals surface area contributed by atoms with Gasteiger partial charge in [0.15, 0.2) is 0 Å². The van der Waals surface area contributed by atoms with Crippen LogP contribution in [0.1, 0.15) is 55.8 Å². The van der Waals surface area contributed by atoms with E-state index >= 15 is 0 Å². The summed E-state index contributed by atoms with van der Waals surface area (Å²) < 4.78 is 0. The number of nitrogens with zero attached hydrogens (tertiary/aromatic N) is 1.